The molecule has 0 radical (unpaired) electrons. The summed E-state index contributed by atoms with van der Waals surface area (Å²) in [5, 5.41) is 10.1. The van der Waals surface area contributed by atoms with Gasteiger partial charge in [0.2, 0.25) is 5.75 Å². The number of rotatable bonds is 4. The van der Waals surface area contributed by atoms with Crippen molar-refractivity contribution in [3.63, 3.8) is 0 Å². The first-order chi connectivity index (χ1) is 13.2. The van der Waals surface area contributed by atoms with Gasteiger partial charge in [-0.25, -0.2) is 9.78 Å². The van der Waals surface area contributed by atoms with E-state index in [4.69, 9.17) is 14.2 Å². The maximum atomic E-state index is 11.6. The molecule has 0 aliphatic carbocycles. The minimum atomic E-state index is -0.982. The molecule has 0 amide bonds. The van der Waals surface area contributed by atoms with Crippen LogP contribution in [0.4, 0.5) is 0 Å². The second-order valence-electron chi connectivity index (χ2n) is 6.00. The molecule has 2 aromatic carbocycles. The highest BCUT2D eigenvalue weighted by molar-refractivity contribution is 6.03. The molecule has 1 aromatic heterocycles. The van der Waals surface area contributed by atoms with E-state index in [0.717, 1.165) is 5.56 Å². The number of nitrogens with zero attached hydrogens (tertiary/aromatic N) is 1. The van der Waals surface area contributed by atoms with Gasteiger partial charge in [0.05, 0.1) is 23.9 Å². The van der Waals surface area contributed by atoms with Gasteiger partial charge in [-0.1, -0.05) is 24.3 Å². The SMILES string of the molecule is COc1cc(C=Cc2cc(C(=O)O)c3ccccc3n2)cc2c1OCCO2. The van der Waals surface area contributed by atoms with Crippen LogP contribution in [0.5, 0.6) is 17.2 Å². The summed E-state index contributed by atoms with van der Waals surface area (Å²) in [7, 11) is 1.57. The van der Waals surface area contributed by atoms with Gasteiger partial charge in [-0.3, -0.25) is 0 Å². The van der Waals surface area contributed by atoms with Crippen molar-refractivity contribution in [3.05, 3.63) is 59.3 Å². The molecule has 1 aliphatic heterocycles. The Morgan fingerprint density at radius 3 is 2.78 bits per heavy atom. The second-order valence-corrected chi connectivity index (χ2v) is 6.00. The molecule has 0 saturated heterocycles. The number of aromatic carboxylic acids is 1. The second kappa shape index (κ2) is 6.99. The number of pyridine rings is 1. The Balaban J connectivity index is 1.74. The van der Waals surface area contributed by atoms with E-state index in [1.165, 1.54) is 0 Å². The molecule has 0 fully saturated rings. The average molecular weight is 363 g/mol. The Labute approximate surface area is 155 Å². The number of hydrogen-bond donors (Lipinski definition) is 1. The number of carboxylic acids is 1. The van der Waals surface area contributed by atoms with Gasteiger partial charge in [-0.2, -0.15) is 0 Å². The molecule has 1 aliphatic rings. The van der Waals surface area contributed by atoms with Crippen LogP contribution in [0.25, 0.3) is 23.1 Å². The van der Waals surface area contributed by atoms with E-state index in [0.29, 0.717) is 47.1 Å². The molecule has 0 atom stereocenters. The first-order valence-corrected chi connectivity index (χ1v) is 8.44. The third-order valence-corrected chi connectivity index (χ3v) is 4.26. The van der Waals surface area contributed by atoms with E-state index < -0.39 is 5.97 Å². The monoisotopic (exact) mass is 363 g/mol. The van der Waals surface area contributed by atoms with Crippen molar-refractivity contribution in [2.24, 2.45) is 0 Å². The van der Waals surface area contributed by atoms with Gasteiger partial charge in [-0.15, -0.1) is 0 Å². The molecule has 27 heavy (non-hydrogen) atoms. The van der Waals surface area contributed by atoms with Crippen LogP contribution in [0.3, 0.4) is 0 Å². The van der Waals surface area contributed by atoms with E-state index in [1.807, 2.05) is 24.3 Å². The lowest BCUT2D eigenvalue weighted by atomic mass is 10.1. The van der Waals surface area contributed by atoms with E-state index in [-0.39, 0.29) is 5.56 Å². The molecular weight excluding hydrogens is 346 g/mol. The number of carbonyl (C=O) groups is 1. The smallest absolute Gasteiger partial charge is 0.336 e. The van der Waals surface area contributed by atoms with Gasteiger partial charge >= 0.3 is 5.97 Å². The van der Waals surface area contributed by atoms with Gasteiger partial charge in [0, 0.05) is 5.39 Å². The highest BCUT2D eigenvalue weighted by Crippen LogP contribution is 2.40. The quantitative estimate of drug-likeness (QED) is 0.758. The summed E-state index contributed by atoms with van der Waals surface area (Å²) in [6.45, 7) is 0.967. The topological polar surface area (TPSA) is 77.9 Å². The number of aromatic nitrogens is 1. The van der Waals surface area contributed by atoms with Gasteiger partial charge in [0.15, 0.2) is 11.5 Å². The zero-order valence-electron chi connectivity index (χ0n) is 14.6. The van der Waals surface area contributed by atoms with Crippen LogP contribution in [0.15, 0.2) is 42.5 Å². The molecule has 2 heterocycles. The molecule has 6 nitrogen and oxygen atoms in total. The summed E-state index contributed by atoms with van der Waals surface area (Å²) in [5.41, 5.74) is 2.25. The minimum Gasteiger partial charge on any atom is -0.493 e. The molecule has 0 saturated carbocycles. The summed E-state index contributed by atoms with van der Waals surface area (Å²) < 4.78 is 16.6. The van der Waals surface area contributed by atoms with Crippen LogP contribution in [-0.4, -0.2) is 36.4 Å². The number of methoxy groups -OCH3 is 1. The lowest BCUT2D eigenvalue weighted by molar-refractivity contribution is 0.0699. The number of carboxylic acid groups (broad SMARTS) is 1. The first-order valence-electron chi connectivity index (χ1n) is 8.44. The van der Waals surface area contributed by atoms with Gasteiger partial charge in [-0.05, 0) is 35.9 Å². The van der Waals surface area contributed by atoms with Crippen molar-refractivity contribution in [1.82, 2.24) is 4.98 Å². The van der Waals surface area contributed by atoms with Crippen molar-refractivity contribution < 1.29 is 24.1 Å². The molecule has 1 N–H and O–H groups in total. The molecular formula is C21H17NO5. The predicted molar refractivity (Wildman–Crippen MR) is 102 cm³/mol. The number of fused-ring (bicyclic) bond motifs is 2. The van der Waals surface area contributed by atoms with Crippen LogP contribution in [0.2, 0.25) is 0 Å². The van der Waals surface area contributed by atoms with Gasteiger partial charge in [0.25, 0.3) is 0 Å². The summed E-state index contributed by atoms with van der Waals surface area (Å²) in [5.74, 6) is 0.824. The zero-order chi connectivity index (χ0) is 18.8. The Bertz CT molecular complexity index is 1040. The van der Waals surface area contributed by atoms with Crippen LogP contribution in [0, 0.1) is 0 Å². The van der Waals surface area contributed by atoms with Crippen molar-refractivity contribution in [2.75, 3.05) is 20.3 Å². The standard InChI is InChI=1S/C21H17NO5/c1-25-18-10-13(11-19-20(18)27-9-8-26-19)6-7-14-12-16(21(23)24)15-4-2-3-5-17(15)22-14/h2-7,10-12H,8-9H2,1H3,(H,23,24). The fraction of sp³-hybridized carbons (Fsp3) is 0.143. The molecule has 136 valence electrons. The fourth-order valence-corrected chi connectivity index (χ4v) is 3.03. The Morgan fingerprint density at radius 1 is 1.15 bits per heavy atom. The summed E-state index contributed by atoms with van der Waals surface area (Å²) in [4.78, 5) is 16.1. The lowest BCUT2D eigenvalue weighted by Crippen LogP contribution is -2.16. The highest BCUT2D eigenvalue weighted by atomic mass is 16.6. The Kier molecular flexibility index (Phi) is 4.38. The van der Waals surface area contributed by atoms with Crippen LogP contribution in [-0.2, 0) is 0 Å². The normalized spacial score (nSPS) is 13.1. The molecule has 0 spiro atoms. The molecule has 0 unspecified atom stereocenters. The molecule has 4 rings (SSSR count). The van der Waals surface area contributed by atoms with Crippen molar-refractivity contribution >= 4 is 29.0 Å². The third-order valence-electron chi connectivity index (χ3n) is 4.26. The number of ether oxygens (including phenoxy) is 3. The number of para-hydroxylation sites is 1. The van der Waals surface area contributed by atoms with E-state index in [1.54, 1.807) is 37.5 Å². The fourth-order valence-electron chi connectivity index (χ4n) is 3.03. The first kappa shape index (κ1) is 16.9. The molecule has 0 bridgehead atoms. The van der Waals surface area contributed by atoms with Crippen molar-refractivity contribution in [2.45, 2.75) is 0 Å². The van der Waals surface area contributed by atoms with E-state index in [2.05, 4.69) is 4.98 Å². The maximum Gasteiger partial charge on any atom is 0.336 e. The Morgan fingerprint density at radius 2 is 1.96 bits per heavy atom. The predicted octanol–water partition coefficient (Wildman–Crippen LogP) is 3.88. The largest absolute Gasteiger partial charge is 0.493 e. The average Bonchev–Trinajstić information content (AvgIpc) is 2.70. The third kappa shape index (κ3) is 3.29. The minimum absolute atomic E-state index is 0.222. The lowest BCUT2D eigenvalue weighted by Gasteiger charge is -2.20. The summed E-state index contributed by atoms with van der Waals surface area (Å²) in [6.07, 6.45) is 3.60. The van der Waals surface area contributed by atoms with Crippen molar-refractivity contribution in [1.29, 1.82) is 0 Å². The highest BCUT2D eigenvalue weighted by Gasteiger charge is 2.18. The summed E-state index contributed by atoms with van der Waals surface area (Å²) in [6, 6.07) is 12.4. The van der Waals surface area contributed by atoms with Crippen LogP contribution >= 0.6 is 0 Å². The van der Waals surface area contributed by atoms with Gasteiger partial charge in [0.1, 0.15) is 13.2 Å². The molecule has 6 heteroatoms. The number of benzene rings is 2. The van der Waals surface area contributed by atoms with Crippen molar-refractivity contribution in [3.8, 4) is 17.2 Å². The Hall–Kier alpha value is -3.54. The maximum absolute atomic E-state index is 11.6. The van der Waals surface area contributed by atoms with E-state index in [9.17, 15) is 9.90 Å². The number of hydrogen-bond acceptors (Lipinski definition) is 5. The molecule has 3 aromatic rings. The van der Waals surface area contributed by atoms with Gasteiger partial charge < -0.3 is 19.3 Å². The zero-order valence-corrected chi connectivity index (χ0v) is 14.6. The van der Waals surface area contributed by atoms with Crippen LogP contribution in [0.1, 0.15) is 21.6 Å². The summed E-state index contributed by atoms with van der Waals surface area (Å²) >= 11 is 0. The van der Waals surface area contributed by atoms with Crippen LogP contribution < -0.4 is 14.2 Å². The van der Waals surface area contributed by atoms with E-state index >= 15 is 0 Å².